The van der Waals surface area contributed by atoms with Crippen molar-refractivity contribution >= 4 is 23.4 Å². The Bertz CT molecular complexity index is 1360. The van der Waals surface area contributed by atoms with Crippen LogP contribution in [0.1, 0.15) is 15.9 Å². The van der Waals surface area contributed by atoms with Crippen LogP contribution in [0.25, 0.3) is 11.3 Å². The number of nitrogens with two attached hydrogens (primary N) is 1. The number of amides is 1. The van der Waals surface area contributed by atoms with Crippen molar-refractivity contribution < 1.29 is 44.8 Å². The molecule has 0 atom stereocenters. The standard InChI is InChI=1S/C17H9F8N7O3S/c1-31-29-14(28-30-31)36-12-8(3-7(32(34)35)4-9(12)13(26)33)11-10(18)2-6(5-27-11)15(19,20)16(21,22)17(23,24)25/h2-5H,1H3,(H2,26,33). The van der Waals surface area contributed by atoms with Crippen LogP contribution in [0.2, 0.25) is 0 Å². The monoisotopic (exact) mass is 543 g/mol. The van der Waals surface area contributed by atoms with Crippen molar-refractivity contribution in [2.75, 3.05) is 0 Å². The molecule has 0 bridgehead atoms. The molecule has 1 amide bonds. The Hall–Kier alpha value is -3.90. The number of benzene rings is 1. The first-order valence-electron chi connectivity index (χ1n) is 9.00. The van der Waals surface area contributed by atoms with E-state index in [1.165, 1.54) is 7.05 Å². The fraction of sp³-hybridized carbons (Fsp3) is 0.235. The number of carbonyl (C=O) groups excluding carboxylic acids is 1. The number of nitro benzene ring substituents is 1. The van der Waals surface area contributed by atoms with E-state index in [-0.39, 0.29) is 22.3 Å². The van der Waals surface area contributed by atoms with E-state index in [0.717, 1.165) is 4.80 Å². The number of non-ortho nitro benzene ring substituents is 1. The normalized spacial score (nSPS) is 12.6. The maximum atomic E-state index is 14.9. The van der Waals surface area contributed by atoms with Gasteiger partial charge in [0.25, 0.3) is 5.69 Å². The molecule has 0 fully saturated rings. The lowest BCUT2D eigenvalue weighted by Gasteiger charge is -2.28. The molecular formula is C17H9F8N7O3S. The summed E-state index contributed by atoms with van der Waals surface area (Å²) < 4.78 is 107. The topological polar surface area (TPSA) is 143 Å². The van der Waals surface area contributed by atoms with E-state index in [1.807, 2.05) is 0 Å². The lowest BCUT2D eigenvalue weighted by atomic mass is 10.0. The molecule has 0 spiro atoms. The number of carbonyl (C=O) groups is 1. The van der Waals surface area contributed by atoms with Crippen LogP contribution in [0.15, 0.2) is 34.4 Å². The van der Waals surface area contributed by atoms with Crippen molar-refractivity contribution in [3.05, 3.63) is 51.5 Å². The van der Waals surface area contributed by atoms with Crippen molar-refractivity contribution in [3.63, 3.8) is 0 Å². The molecule has 2 heterocycles. The molecule has 192 valence electrons. The predicted molar refractivity (Wildman–Crippen MR) is 103 cm³/mol. The Morgan fingerprint density at radius 2 is 1.78 bits per heavy atom. The Morgan fingerprint density at radius 3 is 2.25 bits per heavy atom. The zero-order chi connectivity index (χ0) is 27.2. The van der Waals surface area contributed by atoms with Gasteiger partial charge in [-0.1, -0.05) is 0 Å². The van der Waals surface area contributed by atoms with Crippen LogP contribution in [0, 0.1) is 15.9 Å². The van der Waals surface area contributed by atoms with Gasteiger partial charge in [-0.25, -0.2) is 4.39 Å². The summed E-state index contributed by atoms with van der Waals surface area (Å²) in [6, 6.07) is 1.02. The van der Waals surface area contributed by atoms with Crippen LogP contribution in [-0.4, -0.2) is 48.1 Å². The first-order chi connectivity index (χ1) is 16.5. The summed E-state index contributed by atoms with van der Waals surface area (Å²) in [6.45, 7) is 0. The van der Waals surface area contributed by atoms with Gasteiger partial charge in [0.1, 0.15) is 11.5 Å². The van der Waals surface area contributed by atoms with Gasteiger partial charge in [0.2, 0.25) is 11.1 Å². The number of aryl methyl sites for hydroxylation is 1. The first-order valence-corrected chi connectivity index (χ1v) is 9.82. The molecule has 0 aliphatic heterocycles. The number of nitrogens with zero attached hydrogens (tertiary/aromatic N) is 6. The molecule has 0 saturated carbocycles. The fourth-order valence-corrected chi connectivity index (χ4v) is 3.71. The van der Waals surface area contributed by atoms with E-state index in [4.69, 9.17) is 5.73 Å². The average Bonchev–Trinajstić information content (AvgIpc) is 3.17. The van der Waals surface area contributed by atoms with Crippen LogP contribution >= 0.6 is 11.8 Å². The molecule has 10 nitrogen and oxygen atoms in total. The van der Waals surface area contributed by atoms with Gasteiger partial charge in [-0.05, 0) is 23.0 Å². The number of pyridine rings is 1. The highest BCUT2D eigenvalue weighted by Gasteiger charge is 2.73. The lowest BCUT2D eigenvalue weighted by Crippen LogP contribution is -2.50. The number of rotatable bonds is 7. The second kappa shape index (κ2) is 8.95. The third kappa shape index (κ3) is 4.64. The molecule has 1 aromatic carbocycles. The molecule has 0 saturated heterocycles. The van der Waals surface area contributed by atoms with Gasteiger partial charge in [0.05, 0.1) is 17.5 Å². The summed E-state index contributed by atoms with van der Waals surface area (Å²) in [4.78, 5) is 26.1. The molecular weight excluding hydrogens is 534 g/mol. The van der Waals surface area contributed by atoms with E-state index in [2.05, 4.69) is 20.4 Å². The summed E-state index contributed by atoms with van der Waals surface area (Å²) in [7, 11) is 1.35. The molecule has 3 rings (SSSR count). The largest absolute Gasteiger partial charge is 0.460 e. The number of hydrogen-bond acceptors (Lipinski definition) is 8. The zero-order valence-corrected chi connectivity index (χ0v) is 18.0. The molecule has 0 aliphatic rings. The van der Waals surface area contributed by atoms with Crippen molar-refractivity contribution in [2.24, 2.45) is 12.8 Å². The minimum atomic E-state index is -6.68. The summed E-state index contributed by atoms with van der Waals surface area (Å²) in [6.07, 6.45) is -6.84. The SMILES string of the molecule is Cn1nnc(Sc2c(C(N)=O)cc([N+](=O)[O-])cc2-c2ncc(C(F)(F)C(F)(F)C(F)(F)F)cc2F)n1. The molecule has 0 unspecified atom stereocenters. The Morgan fingerprint density at radius 1 is 1.14 bits per heavy atom. The van der Waals surface area contributed by atoms with E-state index in [0.29, 0.717) is 23.9 Å². The molecule has 36 heavy (non-hydrogen) atoms. The van der Waals surface area contributed by atoms with E-state index < -0.39 is 62.7 Å². The summed E-state index contributed by atoms with van der Waals surface area (Å²) in [5, 5.41) is 22.0. The summed E-state index contributed by atoms with van der Waals surface area (Å²) in [5.41, 5.74) is 0.0720. The van der Waals surface area contributed by atoms with Crippen LogP contribution in [0.3, 0.4) is 0 Å². The molecule has 0 radical (unpaired) electrons. The highest BCUT2D eigenvalue weighted by Crippen LogP contribution is 2.52. The van der Waals surface area contributed by atoms with Gasteiger partial charge in [0.15, 0.2) is 0 Å². The minimum absolute atomic E-state index is 0.157. The Labute approximate surface area is 197 Å². The fourth-order valence-electron chi connectivity index (χ4n) is 2.75. The van der Waals surface area contributed by atoms with Gasteiger partial charge in [-0.15, -0.1) is 10.2 Å². The average molecular weight is 543 g/mol. The molecule has 3 aromatic rings. The zero-order valence-electron chi connectivity index (χ0n) is 17.2. The van der Waals surface area contributed by atoms with E-state index >= 15 is 0 Å². The van der Waals surface area contributed by atoms with Gasteiger partial charge >= 0.3 is 18.0 Å². The maximum Gasteiger partial charge on any atom is 0.460 e. The van der Waals surface area contributed by atoms with Crippen molar-refractivity contribution in [1.29, 1.82) is 0 Å². The van der Waals surface area contributed by atoms with Crippen molar-refractivity contribution in [3.8, 4) is 11.3 Å². The van der Waals surface area contributed by atoms with Crippen molar-refractivity contribution in [1.82, 2.24) is 25.2 Å². The smallest absolute Gasteiger partial charge is 0.366 e. The first kappa shape index (κ1) is 26.7. The number of alkyl halides is 7. The second-order valence-corrected chi connectivity index (χ2v) is 7.83. The summed E-state index contributed by atoms with van der Waals surface area (Å²) in [5.74, 6) is -15.6. The van der Waals surface area contributed by atoms with Gasteiger partial charge < -0.3 is 5.73 Å². The van der Waals surface area contributed by atoms with Gasteiger partial charge in [0, 0.05) is 34.4 Å². The third-order valence-electron chi connectivity index (χ3n) is 4.44. The predicted octanol–water partition coefficient (Wildman–Crippen LogP) is 3.86. The van der Waals surface area contributed by atoms with Crippen LogP contribution in [0.4, 0.5) is 40.8 Å². The lowest BCUT2D eigenvalue weighted by molar-refractivity contribution is -0.384. The number of primary amides is 1. The van der Waals surface area contributed by atoms with Gasteiger partial charge in [-0.2, -0.15) is 35.5 Å². The van der Waals surface area contributed by atoms with Gasteiger partial charge in [-0.3, -0.25) is 19.9 Å². The minimum Gasteiger partial charge on any atom is -0.366 e. The summed E-state index contributed by atoms with van der Waals surface area (Å²) >= 11 is 0.479. The quantitative estimate of drug-likeness (QED) is 0.269. The number of halogens is 8. The number of aromatic nitrogens is 5. The maximum absolute atomic E-state index is 14.9. The van der Waals surface area contributed by atoms with Crippen LogP contribution in [0.5, 0.6) is 0 Å². The number of hydrogen-bond donors (Lipinski definition) is 1. The highest BCUT2D eigenvalue weighted by molar-refractivity contribution is 7.99. The van der Waals surface area contributed by atoms with E-state index in [1.54, 1.807) is 0 Å². The highest BCUT2D eigenvalue weighted by atomic mass is 32.2. The Kier molecular flexibility index (Phi) is 6.64. The molecule has 0 aliphatic carbocycles. The number of nitro groups is 1. The molecule has 2 N–H and O–H groups in total. The molecule has 19 heteroatoms. The van der Waals surface area contributed by atoms with Crippen molar-refractivity contribution in [2.45, 2.75) is 28.1 Å². The number of tetrazole rings is 1. The van der Waals surface area contributed by atoms with Crippen LogP contribution in [-0.2, 0) is 13.0 Å². The second-order valence-electron chi connectivity index (χ2n) is 6.86. The third-order valence-corrected chi connectivity index (χ3v) is 5.43. The van der Waals surface area contributed by atoms with Crippen LogP contribution < -0.4 is 5.73 Å². The Balaban J connectivity index is 2.25. The molecule has 2 aromatic heterocycles. The van der Waals surface area contributed by atoms with E-state index in [9.17, 15) is 50.0 Å².